The maximum atomic E-state index is 5.56. The quantitative estimate of drug-likeness (QED) is 0.127. The summed E-state index contributed by atoms with van der Waals surface area (Å²) in [5.74, 6) is 0. The molecule has 7 heteroatoms. The van der Waals surface area contributed by atoms with Crippen molar-refractivity contribution in [3.8, 4) is 44.5 Å². The number of nitrogens with zero attached hydrogens (tertiary/aromatic N) is 5. The average Bonchev–Trinajstić information content (AvgIpc) is 4.09. The van der Waals surface area contributed by atoms with Crippen molar-refractivity contribution in [1.29, 1.82) is 0 Å². The van der Waals surface area contributed by atoms with Crippen molar-refractivity contribution in [3.63, 3.8) is 0 Å². The number of quaternary nitrogens is 3. The standard InChI is InChI=1S/C58H64N7/c1-11-39-12-20-43(21-13-39)55-47-28-30-49(59-47)56(44-22-14-40(15-23-44)36-63(2,3)4)51-32-34-53(61-51)58(46-26-18-42(19-27-46)38-65(8,9)10)54-35-33-52(62-54)57(50-31-29-48(55)60-50)45-24-16-41(17-25-45)37-64(5,6)7/h12-35,59,62H,11,36-38H2,1-10H3/q+3. The lowest BCUT2D eigenvalue weighted by Gasteiger charge is -2.24. The number of H-pyrrole nitrogens is 2. The predicted octanol–water partition coefficient (Wildman–Crippen LogP) is 12.5. The molecule has 0 fully saturated rings. The molecule has 0 aliphatic carbocycles. The summed E-state index contributed by atoms with van der Waals surface area (Å²) in [5, 5.41) is 0. The summed E-state index contributed by atoms with van der Waals surface area (Å²) in [6.45, 7) is 5.02. The zero-order valence-electron chi connectivity index (χ0n) is 39.9. The van der Waals surface area contributed by atoms with Crippen LogP contribution < -0.4 is 0 Å². The monoisotopic (exact) mass is 859 g/mol. The van der Waals surface area contributed by atoms with E-state index in [-0.39, 0.29) is 0 Å². The highest BCUT2D eigenvalue weighted by Crippen LogP contribution is 2.39. The lowest BCUT2D eigenvalue weighted by molar-refractivity contribution is -0.884. The molecule has 0 spiro atoms. The third-order valence-corrected chi connectivity index (χ3v) is 12.1. The topological polar surface area (TPSA) is 57.4 Å². The highest BCUT2D eigenvalue weighted by atomic mass is 15.3. The second kappa shape index (κ2) is 17.1. The van der Waals surface area contributed by atoms with Gasteiger partial charge in [0.2, 0.25) is 0 Å². The van der Waals surface area contributed by atoms with Crippen molar-refractivity contribution in [2.24, 2.45) is 0 Å². The van der Waals surface area contributed by atoms with Gasteiger partial charge in [0, 0.05) is 61.0 Å². The maximum Gasteiger partial charge on any atom is 0.104 e. The molecule has 0 saturated heterocycles. The average molecular weight is 859 g/mol. The van der Waals surface area contributed by atoms with Crippen molar-refractivity contribution >= 4 is 46.4 Å². The summed E-state index contributed by atoms with van der Waals surface area (Å²) < 4.78 is 2.57. The molecule has 7 aromatic rings. The summed E-state index contributed by atoms with van der Waals surface area (Å²) in [7, 11) is 20.1. The van der Waals surface area contributed by atoms with E-state index >= 15 is 0 Å². The molecule has 4 aromatic carbocycles. The molecule has 9 rings (SSSR count). The molecule has 8 bridgehead atoms. The van der Waals surface area contributed by atoms with Crippen LogP contribution >= 0.6 is 0 Å². The number of rotatable bonds is 11. The van der Waals surface area contributed by atoms with Gasteiger partial charge in [-0.25, -0.2) is 9.97 Å². The Morgan fingerprint density at radius 1 is 0.323 bits per heavy atom. The van der Waals surface area contributed by atoms with Crippen LogP contribution in [-0.4, -0.2) is 96.8 Å². The van der Waals surface area contributed by atoms with E-state index < -0.39 is 0 Å². The van der Waals surface area contributed by atoms with Gasteiger partial charge in [-0.3, -0.25) is 0 Å². The van der Waals surface area contributed by atoms with Crippen molar-refractivity contribution < 1.29 is 13.4 Å². The summed E-state index contributed by atoms with van der Waals surface area (Å²) in [6, 6.07) is 45.0. The SMILES string of the molecule is CCc1ccc(-c2c3nc(c(-c4ccc(C[N+](C)(C)C)cc4)c4ccc([nH]4)c(-c4ccc(C[N+](C)(C)C)cc4)c4nc(c(-c5ccc(C[N+](C)(C)C)cc5)c5ccc2[nH]5)C=C4)C=C3)cc1. The predicted molar refractivity (Wildman–Crippen MR) is 275 cm³/mol. The first kappa shape index (κ1) is 43.6. The van der Waals surface area contributed by atoms with E-state index in [1.807, 2.05) is 0 Å². The molecule has 0 amide bonds. The van der Waals surface area contributed by atoms with Crippen LogP contribution in [0.5, 0.6) is 0 Å². The van der Waals surface area contributed by atoms with E-state index in [4.69, 9.17) is 9.97 Å². The molecule has 0 radical (unpaired) electrons. The van der Waals surface area contributed by atoms with Gasteiger partial charge in [0.15, 0.2) is 0 Å². The number of fused-ring (bicyclic) bond motifs is 8. The number of hydrogen-bond acceptors (Lipinski definition) is 2. The van der Waals surface area contributed by atoms with Crippen LogP contribution in [0.3, 0.4) is 0 Å². The van der Waals surface area contributed by atoms with Gasteiger partial charge in [-0.1, -0.05) is 104 Å². The summed E-state index contributed by atoms with van der Waals surface area (Å²) in [4.78, 5) is 19.0. The van der Waals surface area contributed by atoms with Gasteiger partial charge in [-0.15, -0.1) is 0 Å². The van der Waals surface area contributed by atoms with Crippen LogP contribution in [0.15, 0.2) is 121 Å². The molecule has 2 aliphatic rings. The Morgan fingerprint density at radius 2 is 0.554 bits per heavy atom. The Morgan fingerprint density at radius 3 is 0.769 bits per heavy atom. The zero-order valence-corrected chi connectivity index (χ0v) is 39.9. The molecule has 3 aromatic heterocycles. The number of aromatic nitrogens is 4. The van der Waals surface area contributed by atoms with E-state index in [0.717, 1.165) is 129 Å². The van der Waals surface area contributed by atoms with E-state index in [9.17, 15) is 0 Å². The van der Waals surface area contributed by atoms with Crippen LogP contribution in [-0.2, 0) is 26.1 Å². The fourth-order valence-corrected chi connectivity index (χ4v) is 9.30. The smallest absolute Gasteiger partial charge is 0.104 e. The van der Waals surface area contributed by atoms with Gasteiger partial charge in [0.25, 0.3) is 0 Å². The van der Waals surface area contributed by atoms with E-state index in [1.54, 1.807) is 0 Å². The minimum absolute atomic E-state index is 0.857. The molecule has 328 valence electrons. The number of benzene rings is 4. The van der Waals surface area contributed by atoms with Crippen LogP contribution in [0.2, 0.25) is 0 Å². The molecule has 2 aliphatic heterocycles. The minimum Gasteiger partial charge on any atom is -0.354 e. The molecule has 0 saturated carbocycles. The summed E-state index contributed by atoms with van der Waals surface area (Å²) >= 11 is 0. The van der Waals surface area contributed by atoms with E-state index in [0.29, 0.717) is 0 Å². The number of nitrogens with one attached hydrogen (secondary N) is 2. The lowest BCUT2D eigenvalue weighted by Crippen LogP contribution is -2.33. The van der Waals surface area contributed by atoms with E-state index in [2.05, 4.69) is 226 Å². The van der Waals surface area contributed by atoms with Crippen LogP contribution in [0.4, 0.5) is 0 Å². The molecule has 0 atom stereocenters. The van der Waals surface area contributed by atoms with E-state index in [1.165, 1.54) is 22.3 Å². The van der Waals surface area contributed by atoms with Crippen LogP contribution in [0.25, 0.3) is 90.9 Å². The van der Waals surface area contributed by atoms with Gasteiger partial charge in [0.1, 0.15) is 19.6 Å². The highest BCUT2D eigenvalue weighted by Gasteiger charge is 2.20. The number of aromatic amines is 2. The van der Waals surface area contributed by atoms with Crippen LogP contribution in [0, 0.1) is 0 Å². The Kier molecular flexibility index (Phi) is 11.4. The third-order valence-electron chi connectivity index (χ3n) is 12.1. The molecular weight excluding hydrogens is 795 g/mol. The fraction of sp³-hybridized carbons (Fsp3) is 0.241. The Bertz CT molecular complexity index is 3050. The molecular formula is C58H64N7+3. The van der Waals surface area contributed by atoms with Gasteiger partial charge < -0.3 is 23.4 Å². The van der Waals surface area contributed by atoms with Gasteiger partial charge >= 0.3 is 0 Å². The van der Waals surface area contributed by atoms with Crippen molar-refractivity contribution in [2.75, 3.05) is 63.4 Å². The molecule has 0 unspecified atom stereocenters. The van der Waals surface area contributed by atoms with Gasteiger partial charge in [-0.2, -0.15) is 0 Å². The molecule has 7 nitrogen and oxygen atoms in total. The second-order valence-corrected chi connectivity index (χ2v) is 21.0. The first-order chi connectivity index (χ1) is 31.0. The van der Waals surface area contributed by atoms with Crippen molar-refractivity contribution in [1.82, 2.24) is 19.9 Å². The lowest BCUT2D eigenvalue weighted by atomic mass is 10.0. The second-order valence-electron chi connectivity index (χ2n) is 21.0. The largest absolute Gasteiger partial charge is 0.354 e. The highest BCUT2D eigenvalue weighted by molar-refractivity contribution is 5.99. The zero-order chi connectivity index (χ0) is 45.7. The summed E-state index contributed by atoms with van der Waals surface area (Å²) in [6.07, 6.45) is 9.72. The maximum absolute atomic E-state index is 5.56. The van der Waals surface area contributed by atoms with Crippen molar-refractivity contribution in [2.45, 2.75) is 33.0 Å². The fourth-order valence-electron chi connectivity index (χ4n) is 9.30. The Labute approximate surface area is 385 Å². The molecule has 2 N–H and O–H groups in total. The Balaban J connectivity index is 1.37. The third kappa shape index (κ3) is 9.74. The van der Waals surface area contributed by atoms with Gasteiger partial charge in [-0.05, 0) is 82.8 Å². The number of hydrogen-bond donors (Lipinski definition) is 2. The van der Waals surface area contributed by atoms with Crippen LogP contribution in [0.1, 0.15) is 52.0 Å². The van der Waals surface area contributed by atoms with Crippen molar-refractivity contribution in [3.05, 3.63) is 166 Å². The molecule has 5 heterocycles. The number of aryl methyl sites for hydroxylation is 1. The first-order valence-electron chi connectivity index (χ1n) is 22.9. The molecule has 65 heavy (non-hydrogen) atoms. The van der Waals surface area contributed by atoms with Gasteiger partial charge in [0.05, 0.1) is 86.2 Å². The first-order valence-corrected chi connectivity index (χ1v) is 22.9. The Hall–Kier alpha value is -6.64. The summed E-state index contributed by atoms with van der Waals surface area (Å²) in [5.41, 5.74) is 21.5. The normalized spacial score (nSPS) is 12.9. The minimum atomic E-state index is 0.857.